The topological polar surface area (TPSA) is 75.6 Å². The van der Waals surface area contributed by atoms with Crippen LogP contribution in [0, 0.1) is 0 Å². The fraction of sp³-hybridized carbons (Fsp3) is 0.455. The highest BCUT2D eigenvalue weighted by Crippen LogP contribution is 2.24. The van der Waals surface area contributed by atoms with Gasteiger partial charge in [0.2, 0.25) is 5.91 Å². The van der Waals surface area contributed by atoms with E-state index in [2.05, 4.69) is 21.2 Å². The minimum Gasteiger partial charge on any atom is -0.479 e. The molecule has 1 aromatic rings. The fourth-order valence-corrected chi connectivity index (χ4v) is 2.99. The molecule has 1 aromatic heterocycles. The maximum absolute atomic E-state index is 11.8. The maximum atomic E-state index is 11.8. The zero-order valence-electron chi connectivity index (χ0n) is 9.39. The van der Waals surface area contributed by atoms with Gasteiger partial charge >= 0.3 is 5.97 Å². The van der Waals surface area contributed by atoms with Crippen LogP contribution in [0.1, 0.15) is 18.4 Å². The molecule has 0 unspecified atom stereocenters. The molecule has 0 saturated carbocycles. The summed E-state index contributed by atoms with van der Waals surface area (Å²) >= 11 is 4.94. The Hall–Kier alpha value is -0.920. The molecule has 18 heavy (non-hydrogen) atoms. The number of rotatable bonds is 4. The molecule has 2 heterocycles. The van der Waals surface area contributed by atoms with E-state index in [0.717, 1.165) is 9.35 Å². The number of halogens is 1. The summed E-state index contributed by atoms with van der Waals surface area (Å²) in [6, 6.07) is 1.92. The number of ether oxygens (including phenoxy) is 1. The number of thiophene rings is 1. The molecule has 0 aromatic carbocycles. The van der Waals surface area contributed by atoms with Crippen molar-refractivity contribution in [3.63, 3.8) is 0 Å². The van der Waals surface area contributed by atoms with Gasteiger partial charge in [-0.3, -0.25) is 4.79 Å². The van der Waals surface area contributed by atoms with Crippen molar-refractivity contribution in [2.75, 3.05) is 0 Å². The standard InChI is InChI=1S/C11H12BrNO4S/c12-9-6(3-4-18-9)5-13-10(14)7-1-2-8(17-7)11(15)16/h3-4,7-8H,1-2,5H2,(H,13,14)(H,15,16)/t7-,8+/m0/s1. The zero-order valence-corrected chi connectivity index (χ0v) is 11.8. The van der Waals surface area contributed by atoms with Gasteiger partial charge in [0.05, 0.1) is 3.79 Å². The second-order valence-electron chi connectivity index (χ2n) is 3.97. The Bertz CT molecular complexity index is 462. The van der Waals surface area contributed by atoms with E-state index in [0.29, 0.717) is 19.4 Å². The predicted molar refractivity (Wildman–Crippen MR) is 69.4 cm³/mol. The predicted octanol–water partition coefficient (Wildman–Crippen LogP) is 1.76. The van der Waals surface area contributed by atoms with E-state index in [9.17, 15) is 9.59 Å². The quantitative estimate of drug-likeness (QED) is 0.880. The van der Waals surface area contributed by atoms with Crippen molar-refractivity contribution in [3.8, 4) is 0 Å². The van der Waals surface area contributed by atoms with E-state index in [1.54, 1.807) is 11.3 Å². The second-order valence-corrected chi connectivity index (χ2v) is 6.20. The third-order valence-corrected chi connectivity index (χ3v) is 4.55. The summed E-state index contributed by atoms with van der Waals surface area (Å²) in [4.78, 5) is 22.5. The number of hydrogen-bond donors (Lipinski definition) is 2. The molecule has 1 aliphatic rings. The first kappa shape index (κ1) is 13.5. The Kier molecular flexibility index (Phi) is 4.36. The molecule has 2 N–H and O–H groups in total. The van der Waals surface area contributed by atoms with E-state index in [1.165, 1.54) is 0 Å². The summed E-state index contributed by atoms with van der Waals surface area (Å²) in [5, 5.41) is 13.4. The Labute approximate surface area is 116 Å². The van der Waals surface area contributed by atoms with Crippen LogP contribution < -0.4 is 5.32 Å². The van der Waals surface area contributed by atoms with Crippen molar-refractivity contribution in [2.24, 2.45) is 0 Å². The van der Waals surface area contributed by atoms with Crippen LogP contribution in [0.15, 0.2) is 15.2 Å². The number of carboxylic acids is 1. The van der Waals surface area contributed by atoms with Gasteiger partial charge < -0.3 is 15.2 Å². The highest BCUT2D eigenvalue weighted by molar-refractivity contribution is 9.11. The Balaban J connectivity index is 1.83. The van der Waals surface area contributed by atoms with Crippen molar-refractivity contribution in [2.45, 2.75) is 31.6 Å². The van der Waals surface area contributed by atoms with Crippen LogP contribution >= 0.6 is 27.3 Å². The molecule has 98 valence electrons. The monoisotopic (exact) mass is 333 g/mol. The highest BCUT2D eigenvalue weighted by Gasteiger charge is 2.34. The molecule has 7 heteroatoms. The molecule has 1 fully saturated rings. The Morgan fingerprint density at radius 1 is 1.50 bits per heavy atom. The van der Waals surface area contributed by atoms with Crippen LogP contribution in [-0.2, 0) is 20.9 Å². The lowest BCUT2D eigenvalue weighted by atomic mass is 10.2. The van der Waals surface area contributed by atoms with Gasteiger partial charge in [-0.2, -0.15) is 0 Å². The van der Waals surface area contributed by atoms with Crippen molar-refractivity contribution in [1.82, 2.24) is 5.32 Å². The van der Waals surface area contributed by atoms with Crippen LogP contribution in [0.25, 0.3) is 0 Å². The minimum absolute atomic E-state index is 0.253. The van der Waals surface area contributed by atoms with E-state index in [4.69, 9.17) is 9.84 Å². The summed E-state index contributed by atoms with van der Waals surface area (Å²) in [5.41, 5.74) is 1.00. The Morgan fingerprint density at radius 3 is 2.78 bits per heavy atom. The molecular weight excluding hydrogens is 322 g/mol. The lowest BCUT2D eigenvalue weighted by Gasteiger charge is -2.11. The number of nitrogens with one attached hydrogen (secondary N) is 1. The number of carboxylic acid groups (broad SMARTS) is 1. The number of aliphatic carboxylic acids is 1. The van der Waals surface area contributed by atoms with Gasteiger partial charge in [-0.1, -0.05) is 0 Å². The van der Waals surface area contributed by atoms with Gasteiger partial charge in [0, 0.05) is 6.54 Å². The fourth-order valence-electron chi connectivity index (χ4n) is 1.75. The molecule has 1 aliphatic heterocycles. The van der Waals surface area contributed by atoms with Gasteiger partial charge in [0.25, 0.3) is 0 Å². The molecule has 0 aliphatic carbocycles. The van der Waals surface area contributed by atoms with Gasteiger partial charge in [-0.05, 0) is 45.8 Å². The number of amides is 1. The summed E-state index contributed by atoms with van der Waals surface area (Å²) < 4.78 is 6.15. The summed E-state index contributed by atoms with van der Waals surface area (Å²) in [7, 11) is 0. The summed E-state index contributed by atoms with van der Waals surface area (Å²) in [6.07, 6.45) is -0.666. The zero-order chi connectivity index (χ0) is 13.1. The first-order valence-corrected chi connectivity index (χ1v) is 7.13. The van der Waals surface area contributed by atoms with Crippen molar-refractivity contribution in [3.05, 3.63) is 20.8 Å². The molecule has 1 amide bonds. The molecule has 0 spiro atoms. The minimum atomic E-state index is -1.01. The van der Waals surface area contributed by atoms with E-state index in [1.807, 2.05) is 11.4 Å². The van der Waals surface area contributed by atoms with E-state index in [-0.39, 0.29) is 5.91 Å². The molecular formula is C11H12BrNO4S. The largest absolute Gasteiger partial charge is 0.479 e. The lowest BCUT2D eigenvalue weighted by Crippen LogP contribution is -2.35. The maximum Gasteiger partial charge on any atom is 0.332 e. The summed E-state index contributed by atoms with van der Waals surface area (Å²) in [6.45, 7) is 0.417. The van der Waals surface area contributed by atoms with Gasteiger partial charge in [0.15, 0.2) is 6.10 Å². The number of carbonyl (C=O) groups is 2. The van der Waals surface area contributed by atoms with E-state index >= 15 is 0 Å². The first-order chi connectivity index (χ1) is 8.58. The third-order valence-electron chi connectivity index (χ3n) is 2.73. The van der Waals surface area contributed by atoms with Crippen molar-refractivity contribution < 1.29 is 19.4 Å². The third kappa shape index (κ3) is 3.09. The van der Waals surface area contributed by atoms with Crippen molar-refractivity contribution in [1.29, 1.82) is 0 Å². The second kappa shape index (κ2) is 5.81. The summed E-state index contributed by atoms with van der Waals surface area (Å²) in [5.74, 6) is -1.26. The van der Waals surface area contributed by atoms with E-state index < -0.39 is 18.2 Å². The molecule has 2 rings (SSSR count). The normalized spacial score (nSPS) is 22.9. The SMILES string of the molecule is O=C(NCc1ccsc1Br)[C@@H]1CC[C@H](C(=O)O)O1. The smallest absolute Gasteiger partial charge is 0.332 e. The van der Waals surface area contributed by atoms with Crippen LogP contribution in [0.4, 0.5) is 0 Å². The highest BCUT2D eigenvalue weighted by atomic mass is 79.9. The molecule has 0 bridgehead atoms. The molecule has 5 nitrogen and oxygen atoms in total. The van der Waals surface area contributed by atoms with Crippen LogP contribution in [0.3, 0.4) is 0 Å². The van der Waals surface area contributed by atoms with Crippen molar-refractivity contribution >= 4 is 39.1 Å². The molecule has 2 atom stereocenters. The van der Waals surface area contributed by atoms with Crippen LogP contribution in [0.2, 0.25) is 0 Å². The van der Waals surface area contributed by atoms with Gasteiger partial charge in [0.1, 0.15) is 6.10 Å². The van der Waals surface area contributed by atoms with Gasteiger partial charge in [-0.25, -0.2) is 4.79 Å². The Morgan fingerprint density at radius 2 is 2.22 bits per heavy atom. The average molecular weight is 334 g/mol. The van der Waals surface area contributed by atoms with Crippen LogP contribution in [0.5, 0.6) is 0 Å². The van der Waals surface area contributed by atoms with Crippen LogP contribution in [-0.4, -0.2) is 29.2 Å². The lowest BCUT2D eigenvalue weighted by molar-refractivity contribution is -0.151. The average Bonchev–Trinajstić information content (AvgIpc) is 2.94. The number of hydrogen-bond acceptors (Lipinski definition) is 4. The number of carbonyl (C=O) groups excluding carboxylic acids is 1. The molecule has 0 radical (unpaired) electrons. The van der Waals surface area contributed by atoms with Gasteiger partial charge in [-0.15, -0.1) is 11.3 Å². The first-order valence-electron chi connectivity index (χ1n) is 5.46. The molecule has 1 saturated heterocycles.